The van der Waals surface area contributed by atoms with Crippen LogP contribution in [0.4, 0.5) is 0 Å². The van der Waals surface area contributed by atoms with Crippen molar-refractivity contribution in [2.45, 2.75) is 0 Å². The van der Waals surface area contributed by atoms with Gasteiger partial charge in [0.15, 0.2) is 0 Å². The van der Waals surface area contributed by atoms with E-state index in [4.69, 9.17) is 5.73 Å². The van der Waals surface area contributed by atoms with Gasteiger partial charge in [0.2, 0.25) is 0 Å². The summed E-state index contributed by atoms with van der Waals surface area (Å²) in [5, 5.41) is 0. The lowest BCUT2D eigenvalue weighted by molar-refractivity contribution is 0.351. The molecule has 9 heavy (non-hydrogen) atoms. The Bertz CT molecular complexity index is 60.2. The maximum Gasteiger partial charge on any atom is 0.0178 e. The van der Waals surface area contributed by atoms with Crippen LogP contribution in [0.5, 0.6) is 0 Å². The van der Waals surface area contributed by atoms with Crippen molar-refractivity contribution in [2.75, 3.05) is 33.2 Å². The van der Waals surface area contributed by atoms with E-state index in [2.05, 4.69) is 38.3 Å². The summed E-state index contributed by atoms with van der Waals surface area (Å²) in [6, 6.07) is 0. The fourth-order valence-corrected chi connectivity index (χ4v) is 0.807. The van der Waals surface area contributed by atoms with E-state index in [0.29, 0.717) is 0 Å². The molecule has 0 fully saturated rings. The van der Waals surface area contributed by atoms with Gasteiger partial charge in [-0.3, -0.25) is 3.53 Å². The molecule has 0 aromatic carbocycles. The molecule has 0 saturated heterocycles. The summed E-state index contributed by atoms with van der Waals surface area (Å²) in [5.74, 6) is 0. The van der Waals surface area contributed by atoms with E-state index < -0.39 is 0 Å². The zero-order chi connectivity index (χ0) is 7.11. The van der Waals surface area contributed by atoms with Gasteiger partial charge in [-0.15, -0.1) is 0 Å². The third-order valence-electron chi connectivity index (χ3n) is 1.10. The number of nitrogens with one attached hydrogen (secondary N) is 1. The summed E-state index contributed by atoms with van der Waals surface area (Å²) in [4.78, 5) is 2.20. The molecule has 0 rings (SSSR count). The molecule has 0 spiro atoms. The Balaban J connectivity index is 2.95. The molecule has 0 aliphatic carbocycles. The van der Waals surface area contributed by atoms with Crippen LogP contribution in [-0.4, -0.2) is 38.1 Å². The monoisotopic (exact) mass is 243 g/mol. The maximum atomic E-state index is 5.34. The standard InChI is InChI=1S/C5H14IN3/c1-9(4-2-7)5-3-8-6/h8H,2-5,7H2,1H3. The summed E-state index contributed by atoms with van der Waals surface area (Å²) in [6.07, 6.45) is 0. The SMILES string of the molecule is CN(CCN)CCNI. The lowest BCUT2D eigenvalue weighted by Crippen LogP contribution is -2.30. The van der Waals surface area contributed by atoms with Gasteiger partial charge in [0, 0.05) is 49.0 Å². The van der Waals surface area contributed by atoms with Crippen LogP contribution in [0.25, 0.3) is 0 Å². The van der Waals surface area contributed by atoms with E-state index in [1.54, 1.807) is 0 Å². The first kappa shape index (κ1) is 9.61. The maximum absolute atomic E-state index is 5.34. The van der Waals surface area contributed by atoms with Crippen molar-refractivity contribution >= 4 is 22.9 Å². The van der Waals surface area contributed by atoms with Crippen molar-refractivity contribution in [1.82, 2.24) is 8.43 Å². The largest absolute Gasteiger partial charge is 0.329 e. The van der Waals surface area contributed by atoms with Gasteiger partial charge < -0.3 is 10.6 Å². The predicted octanol–water partition coefficient (Wildman–Crippen LogP) is -0.183. The lowest BCUT2D eigenvalue weighted by atomic mass is 10.5. The zero-order valence-electron chi connectivity index (χ0n) is 5.73. The molecule has 0 atom stereocenters. The Morgan fingerprint density at radius 2 is 2.22 bits per heavy atom. The second-order valence-electron chi connectivity index (χ2n) is 1.98. The first-order valence-electron chi connectivity index (χ1n) is 3.03. The molecule has 3 N–H and O–H groups in total. The number of hydrogen-bond donors (Lipinski definition) is 2. The van der Waals surface area contributed by atoms with Crippen LogP contribution < -0.4 is 9.26 Å². The third-order valence-corrected chi connectivity index (χ3v) is 1.64. The van der Waals surface area contributed by atoms with Crippen LogP contribution in [-0.2, 0) is 0 Å². The van der Waals surface area contributed by atoms with Crippen molar-refractivity contribution in [1.29, 1.82) is 0 Å². The Kier molecular flexibility index (Phi) is 7.18. The molecule has 0 aromatic heterocycles. The smallest absolute Gasteiger partial charge is 0.0178 e. The topological polar surface area (TPSA) is 41.3 Å². The molecule has 0 bridgehead atoms. The van der Waals surface area contributed by atoms with Crippen LogP contribution in [0.2, 0.25) is 0 Å². The highest BCUT2D eigenvalue weighted by Gasteiger charge is 1.92. The molecular weight excluding hydrogens is 229 g/mol. The number of halogens is 1. The molecule has 0 aromatic rings. The van der Waals surface area contributed by atoms with E-state index >= 15 is 0 Å². The average Bonchev–Trinajstić information content (AvgIpc) is 1.85. The summed E-state index contributed by atoms with van der Waals surface area (Å²) in [5.41, 5.74) is 5.34. The number of rotatable bonds is 5. The Morgan fingerprint density at radius 1 is 1.56 bits per heavy atom. The average molecular weight is 243 g/mol. The molecule has 0 radical (unpaired) electrons. The fourth-order valence-electron chi connectivity index (χ4n) is 0.565. The van der Waals surface area contributed by atoms with Crippen LogP contribution in [0.1, 0.15) is 0 Å². The van der Waals surface area contributed by atoms with Gasteiger partial charge in [-0.2, -0.15) is 0 Å². The van der Waals surface area contributed by atoms with Crippen molar-refractivity contribution in [3.8, 4) is 0 Å². The highest BCUT2D eigenvalue weighted by Crippen LogP contribution is 1.78. The molecule has 0 heterocycles. The Hall–Kier alpha value is 0.610. The number of nitrogens with two attached hydrogens (primary N) is 1. The van der Waals surface area contributed by atoms with Gasteiger partial charge in [-0.05, 0) is 7.05 Å². The Morgan fingerprint density at radius 3 is 2.67 bits per heavy atom. The van der Waals surface area contributed by atoms with E-state index in [0.717, 1.165) is 26.2 Å². The first-order chi connectivity index (χ1) is 4.31. The van der Waals surface area contributed by atoms with E-state index in [9.17, 15) is 0 Å². The fraction of sp³-hybridized carbons (Fsp3) is 1.00. The quantitative estimate of drug-likeness (QED) is 0.519. The molecule has 0 aliphatic heterocycles. The van der Waals surface area contributed by atoms with E-state index in [1.165, 1.54) is 0 Å². The molecule has 4 heteroatoms. The molecule has 0 aliphatic rings. The number of nitrogens with zero attached hydrogens (tertiary/aromatic N) is 1. The van der Waals surface area contributed by atoms with Gasteiger partial charge in [0.05, 0.1) is 0 Å². The minimum absolute atomic E-state index is 0.748. The zero-order valence-corrected chi connectivity index (χ0v) is 7.89. The van der Waals surface area contributed by atoms with Gasteiger partial charge in [-0.1, -0.05) is 0 Å². The molecule has 56 valence electrons. The van der Waals surface area contributed by atoms with Crippen LogP contribution in [0, 0.1) is 0 Å². The number of likely N-dealkylation sites (N-methyl/N-ethyl adjacent to an activating group) is 1. The predicted molar refractivity (Wildman–Crippen MR) is 48.6 cm³/mol. The second kappa shape index (κ2) is 6.73. The van der Waals surface area contributed by atoms with Crippen molar-refractivity contribution in [3.05, 3.63) is 0 Å². The van der Waals surface area contributed by atoms with Crippen LogP contribution >= 0.6 is 22.9 Å². The van der Waals surface area contributed by atoms with Crippen LogP contribution in [0.3, 0.4) is 0 Å². The normalized spacial score (nSPS) is 10.7. The van der Waals surface area contributed by atoms with Gasteiger partial charge in [0.1, 0.15) is 0 Å². The summed E-state index contributed by atoms with van der Waals surface area (Å²) in [6.45, 7) is 3.83. The summed E-state index contributed by atoms with van der Waals surface area (Å²) >= 11 is 2.14. The van der Waals surface area contributed by atoms with Gasteiger partial charge >= 0.3 is 0 Å². The van der Waals surface area contributed by atoms with Gasteiger partial charge in [0.25, 0.3) is 0 Å². The Labute approximate surface area is 70.5 Å². The third kappa shape index (κ3) is 6.50. The number of hydrogen-bond acceptors (Lipinski definition) is 3. The molecule has 0 saturated carbocycles. The summed E-state index contributed by atoms with van der Waals surface area (Å²) < 4.78 is 3.04. The van der Waals surface area contributed by atoms with Crippen molar-refractivity contribution in [2.24, 2.45) is 5.73 Å². The second-order valence-corrected chi connectivity index (χ2v) is 2.74. The minimum Gasteiger partial charge on any atom is -0.329 e. The molecule has 0 unspecified atom stereocenters. The summed E-state index contributed by atoms with van der Waals surface area (Å²) in [7, 11) is 2.07. The van der Waals surface area contributed by atoms with Gasteiger partial charge in [-0.25, -0.2) is 0 Å². The molecular formula is C5H14IN3. The highest BCUT2D eigenvalue weighted by molar-refractivity contribution is 14.1. The van der Waals surface area contributed by atoms with Crippen molar-refractivity contribution in [3.63, 3.8) is 0 Å². The minimum atomic E-state index is 0.748. The van der Waals surface area contributed by atoms with Crippen molar-refractivity contribution < 1.29 is 0 Å². The van der Waals surface area contributed by atoms with Crippen LogP contribution in [0.15, 0.2) is 0 Å². The lowest BCUT2D eigenvalue weighted by Gasteiger charge is -2.13. The molecule has 0 amide bonds. The first-order valence-corrected chi connectivity index (χ1v) is 4.11. The van der Waals surface area contributed by atoms with E-state index in [-0.39, 0.29) is 0 Å². The molecule has 3 nitrogen and oxygen atoms in total. The van der Waals surface area contributed by atoms with E-state index in [1.807, 2.05) is 0 Å². The highest BCUT2D eigenvalue weighted by atomic mass is 127.